The average molecular weight is 619 g/mol. The maximum absolute atomic E-state index is 2.40. The van der Waals surface area contributed by atoms with Crippen LogP contribution in [0.4, 0.5) is 0 Å². The summed E-state index contributed by atoms with van der Waals surface area (Å²) in [6, 6.07) is 68.0. The smallest absolute Gasteiger partial charge is 0.0622 e. The molecule has 0 heteroatoms. The molecule has 0 radical (unpaired) electrons. The highest BCUT2D eigenvalue weighted by molar-refractivity contribution is 6.24. The van der Waals surface area contributed by atoms with Crippen LogP contribution >= 0.6 is 0 Å². The van der Waals surface area contributed by atoms with Crippen molar-refractivity contribution in [3.63, 3.8) is 0 Å². The van der Waals surface area contributed by atoms with Gasteiger partial charge in [0.05, 0.1) is 5.41 Å². The van der Waals surface area contributed by atoms with Gasteiger partial charge in [-0.25, -0.2) is 0 Å². The van der Waals surface area contributed by atoms with E-state index in [0.29, 0.717) is 0 Å². The molecule has 2 aliphatic rings. The van der Waals surface area contributed by atoms with Crippen molar-refractivity contribution < 1.29 is 0 Å². The fourth-order valence-corrected chi connectivity index (χ4v) is 9.50. The second kappa shape index (κ2) is 9.89. The summed E-state index contributed by atoms with van der Waals surface area (Å²) in [5.41, 5.74) is 15.5. The lowest BCUT2D eigenvalue weighted by Gasteiger charge is -2.40. The van der Waals surface area contributed by atoms with Crippen molar-refractivity contribution in [2.75, 3.05) is 0 Å². The SMILES string of the molecule is c1ccc(-c2c3ccccc3c(-c3ccc4c5c(cccc35)C3(c5ccccc5-c5ccccc53)c3ccccc3-4)c3ccccc23)cc1. The van der Waals surface area contributed by atoms with Gasteiger partial charge in [-0.2, -0.15) is 0 Å². The summed E-state index contributed by atoms with van der Waals surface area (Å²) in [5.74, 6) is 0. The minimum Gasteiger partial charge on any atom is -0.0622 e. The Bertz CT molecular complexity index is 2720. The fourth-order valence-electron chi connectivity index (χ4n) is 9.50. The second-order valence-corrected chi connectivity index (χ2v) is 13.5. The predicted molar refractivity (Wildman–Crippen MR) is 206 cm³/mol. The van der Waals surface area contributed by atoms with E-state index < -0.39 is 5.41 Å². The number of hydrogen-bond acceptors (Lipinski definition) is 0. The van der Waals surface area contributed by atoms with E-state index in [1.165, 1.54) is 99.1 Å². The van der Waals surface area contributed by atoms with Crippen LogP contribution in [-0.2, 0) is 5.41 Å². The number of benzene rings is 9. The molecule has 0 N–H and O–H groups in total. The molecule has 11 rings (SSSR count). The summed E-state index contributed by atoms with van der Waals surface area (Å²) in [7, 11) is 0. The zero-order valence-electron chi connectivity index (χ0n) is 26.8. The molecule has 0 aliphatic heterocycles. The maximum atomic E-state index is 2.40. The highest BCUT2D eigenvalue weighted by Gasteiger charge is 2.49. The van der Waals surface area contributed by atoms with Crippen LogP contribution in [0.2, 0.25) is 0 Å². The van der Waals surface area contributed by atoms with Gasteiger partial charge in [-0.3, -0.25) is 0 Å². The van der Waals surface area contributed by atoms with Gasteiger partial charge in [0.25, 0.3) is 0 Å². The third-order valence-electron chi connectivity index (χ3n) is 11.3. The zero-order valence-corrected chi connectivity index (χ0v) is 26.8. The van der Waals surface area contributed by atoms with Crippen molar-refractivity contribution in [1.29, 1.82) is 0 Å². The average Bonchev–Trinajstić information content (AvgIpc) is 3.47. The van der Waals surface area contributed by atoms with E-state index in [4.69, 9.17) is 0 Å². The summed E-state index contributed by atoms with van der Waals surface area (Å²) in [4.78, 5) is 0. The van der Waals surface area contributed by atoms with Crippen LogP contribution in [0.15, 0.2) is 182 Å². The predicted octanol–water partition coefficient (Wildman–Crippen LogP) is 12.8. The van der Waals surface area contributed by atoms with Crippen molar-refractivity contribution >= 4 is 32.3 Å². The monoisotopic (exact) mass is 618 g/mol. The molecule has 0 unspecified atom stereocenters. The van der Waals surface area contributed by atoms with E-state index in [9.17, 15) is 0 Å². The lowest BCUT2D eigenvalue weighted by molar-refractivity contribution is 0.773. The minimum atomic E-state index is -0.407. The van der Waals surface area contributed by atoms with Crippen molar-refractivity contribution in [3.05, 3.63) is 204 Å². The molecular weight excluding hydrogens is 589 g/mol. The normalized spacial score (nSPS) is 13.5. The van der Waals surface area contributed by atoms with Gasteiger partial charge in [-0.1, -0.05) is 182 Å². The molecule has 9 aromatic rings. The number of fused-ring (bicyclic) bond motifs is 11. The topological polar surface area (TPSA) is 0 Å². The van der Waals surface area contributed by atoms with Gasteiger partial charge in [0.1, 0.15) is 0 Å². The summed E-state index contributed by atoms with van der Waals surface area (Å²) in [5, 5.41) is 7.78. The highest BCUT2D eigenvalue weighted by Crippen LogP contribution is 2.62. The molecule has 0 saturated heterocycles. The first-order valence-corrected chi connectivity index (χ1v) is 17.2. The molecule has 0 aromatic heterocycles. The van der Waals surface area contributed by atoms with E-state index in [2.05, 4.69) is 182 Å². The Labute approximate surface area is 285 Å². The molecular formula is C49H30. The second-order valence-electron chi connectivity index (χ2n) is 13.5. The lowest BCUT2D eigenvalue weighted by atomic mass is 9.61. The molecule has 226 valence electrons. The Hall–Kier alpha value is -6.24. The summed E-state index contributed by atoms with van der Waals surface area (Å²) in [6.07, 6.45) is 0. The molecule has 0 fully saturated rings. The van der Waals surface area contributed by atoms with Gasteiger partial charge < -0.3 is 0 Å². The van der Waals surface area contributed by atoms with Crippen LogP contribution in [0.3, 0.4) is 0 Å². The zero-order chi connectivity index (χ0) is 32.1. The first-order valence-electron chi connectivity index (χ1n) is 17.2. The highest BCUT2D eigenvalue weighted by atomic mass is 14.5. The molecule has 0 amide bonds. The molecule has 0 heterocycles. The first-order chi connectivity index (χ1) is 24.4. The van der Waals surface area contributed by atoms with E-state index in [-0.39, 0.29) is 0 Å². The van der Waals surface area contributed by atoms with Crippen LogP contribution in [0.5, 0.6) is 0 Å². The van der Waals surface area contributed by atoms with Gasteiger partial charge in [0.2, 0.25) is 0 Å². The van der Waals surface area contributed by atoms with Crippen molar-refractivity contribution in [2.24, 2.45) is 0 Å². The molecule has 0 atom stereocenters. The Morgan fingerprint density at radius 2 is 0.653 bits per heavy atom. The van der Waals surface area contributed by atoms with Crippen molar-refractivity contribution in [2.45, 2.75) is 5.41 Å². The standard InChI is InChI=1S/C49H30/c1-2-15-31(16-3-1)46-35-20-4-6-22-37(35)47(38-23-7-5-21-36(38)46)41-30-29-40-34-19-10-13-27-44(34)49(45-28-14-24-39(41)48(40)45)42-25-11-8-17-32(42)33-18-9-12-26-43(33)49/h1-30H. The fraction of sp³-hybridized carbons (Fsp3) is 0.0204. The molecule has 49 heavy (non-hydrogen) atoms. The van der Waals surface area contributed by atoms with E-state index in [0.717, 1.165) is 0 Å². The molecule has 0 nitrogen and oxygen atoms in total. The number of hydrogen-bond donors (Lipinski definition) is 0. The minimum absolute atomic E-state index is 0.407. The number of rotatable bonds is 2. The Kier molecular flexibility index (Phi) is 5.41. The Balaban J connectivity index is 1.31. The van der Waals surface area contributed by atoms with Crippen molar-refractivity contribution in [3.8, 4) is 44.5 Å². The van der Waals surface area contributed by atoms with Gasteiger partial charge >= 0.3 is 0 Å². The molecule has 0 bridgehead atoms. The summed E-state index contributed by atoms with van der Waals surface area (Å²) in [6.45, 7) is 0. The summed E-state index contributed by atoms with van der Waals surface area (Å²) < 4.78 is 0. The quantitative estimate of drug-likeness (QED) is 0.169. The largest absolute Gasteiger partial charge is 0.0725 e. The van der Waals surface area contributed by atoms with Crippen LogP contribution in [0.25, 0.3) is 76.8 Å². The van der Waals surface area contributed by atoms with Crippen LogP contribution in [0.1, 0.15) is 22.3 Å². The van der Waals surface area contributed by atoms with Gasteiger partial charge in [-0.15, -0.1) is 0 Å². The van der Waals surface area contributed by atoms with Gasteiger partial charge in [0, 0.05) is 0 Å². The van der Waals surface area contributed by atoms with Crippen molar-refractivity contribution in [1.82, 2.24) is 0 Å². The van der Waals surface area contributed by atoms with E-state index >= 15 is 0 Å². The van der Waals surface area contributed by atoms with Gasteiger partial charge in [-0.05, 0) is 99.1 Å². The van der Waals surface area contributed by atoms with Gasteiger partial charge in [0.15, 0.2) is 0 Å². The molecule has 2 aliphatic carbocycles. The first kappa shape index (κ1) is 26.8. The Morgan fingerprint density at radius 1 is 0.245 bits per heavy atom. The third kappa shape index (κ3) is 3.38. The lowest BCUT2D eigenvalue weighted by Crippen LogP contribution is -2.31. The molecule has 1 spiro atoms. The maximum Gasteiger partial charge on any atom is 0.0725 e. The van der Waals surface area contributed by atoms with E-state index in [1.54, 1.807) is 0 Å². The van der Waals surface area contributed by atoms with Crippen LogP contribution in [0, 0.1) is 0 Å². The van der Waals surface area contributed by atoms with Crippen LogP contribution in [-0.4, -0.2) is 0 Å². The summed E-state index contributed by atoms with van der Waals surface area (Å²) >= 11 is 0. The molecule has 9 aromatic carbocycles. The molecule has 0 saturated carbocycles. The van der Waals surface area contributed by atoms with E-state index in [1.807, 2.05) is 0 Å². The Morgan fingerprint density at radius 3 is 1.22 bits per heavy atom. The van der Waals surface area contributed by atoms with Crippen LogP contribution < -0.4 is 0 Å². The third-order valence-corrected chi connectivity index (χ3v) is 11.3.